The Labute approximate surface area is 121 Å². The van der Waals surface area contributed by atoms with Crippen molar-refractivity contribution in [1.29, 1.82) is 0 Å². The van der Waals surface area contributed by atoms with Gasteiger partial charge >= 0.3 is 0 Å². The van der Waals surface area contributed by atoms with Gasteiger partial charge in [-0.15, -0.1) is 0 Å². The fourth-order valence-electron chi connectivity index (χ4n) is 2.23. The second kappa shape index (κ2) is 7.87. The molecular weight excluding hydrogens is 250 g/mol. The molecule has 112 valence electrons. The van der Waals surface area contributed by atoms with Crippen molar-refractivity contribution in [2.45, 2.75) is 50.9 Å². The number of aliphatic imine (C=N–C) groups is 1. The molecule has 0 bridgehead atoms. The van der Waals surface area contributed by atoms with Crippen molar-refractivity contribution in [1.82, 2.24) is 5.32 Å². The first-order valence-corrected chi connectivity index (χ1v) is 7.03. The SMILES string of the molecule is C=C/C=C\C(=C/C)CC(C)NC(N)=NC1C(N)CC1N. The zero-order chi connectivity index (χ0) is 15.1. The summed E-state index contributed by atoms with van der Waals surface area (Å²) in [6, 6.07) is 0.188. The summed E-state index contributed by atoms with van der Waals surface area (Å²) < 4.78 is 0. The summed E-state index contributed by atoms with van der Waals surface area (Å²) in [6.07, 6.45) is 9.47. The summed E-state index contributed by atoms with van der Waals surface area (Å²) in [7, 11) is 0. The molecule has 0 aromatic carbocycles. The lowest BCUT2D eigenvalue weighted by Gasteiger charge is -2.37. The lowest BCUT2D eigenvalue weighted by atomic mass is 9.82. The lowest BCUT2D eigenvalue weighted by molar-refractivity contribution is 0.291. The van der Waals surface area contributed by atoms with E-state index in [2.05, 4.69) is 29.9 Å². The van der Waals surface area contributed by atoms with Gasteiger partial charge in [0.05, 0.1) is 6.04 Å². The minimum absolute atomic E-state index is 0.0299. The predicted molar refractivity (Wildman–Crippen MR) is 86.3 cm³/mol. The Bertz CT molecular complexity index is 402. The molecular formula is C15H27N5. The molecule has 1 fully saturated rings. The van der Waals surface area contributed by atoms with Crippen molar-refractivity contribution in [3.05, 3.63) is 36.5 Å². The van der Waals surface area contributed by atoms with Crippen LogP contribution in [-0.4, -0.2) is 30.1 Å². The number of hydrogen-bond donors (Lipinski definition) is 4. The molecule has 3 atom stereocenters. The molecule has 0 spiro atoms. The molecule has 0 heterocycles. The third-order valence-corrected chi connectivity index (χ3v) is 3.46. The monoisotopic (exact) mass is 277 g/mol. The van der Waals surface area contributed by atoms with Gasteiger partial charge in [0.2, 0.25) is 0 Å². The molecule has 0 radical (unpaired) electrons. The Hall–Kier alpha value is -1.59. The highest BCUT2D eigenvalue weighted by atomic mass is 15.1. The van der Waals surface area contributed by atoms with Crippen molar-refractivity contribution in [3.63, 3.8) is 0 Å². The van der Waals surface area contributed by atoms with Crippen LogP contribution in [0.5, 0.6) is 0 Å². The third kappa shape index (κ3) is 4.83. The van der Waals surface area contributed by atoms with Gasteiger partial charge in [-0.25, -0.2) is 4.99 Å². The maximum atomic E-state index is 5.90. The number of hydrogen-bond acceptors (Lipinski definition) is 3. The highest BCUT2D eigenvalue weighted by Crippen LogP contribution is 2.20. The van der Waals surface area contributed by atoms with Gasteiger partial charge in [0.1, 0.15) is 0 Å². The van der Waals surface area contributed by atoms with E-state index < -0.39 is 0 Å². The van der Waals surface area contributed by atoms with Gasteiger partial charge in [-0.05, 0) is 26.7 Å². The summed E-state index contributed by atoms with van der Waals surface area (Å²) in [4.78, 5) is 4.36. The van der Waals surface area contributed by atoms with Gasteiger partial charge in [0.15, 0.2) is 5.96 Å². The molecule has 1 aliphatic carbocycles. The van der Waals surface area contributed by atoms with E-state index in [9.17, 15) is 0 Å². The van der Waals surface area contributed by atoms with E-state index in [0.717, 1.165) is 12.8 Å². The quantitative estimate of drug-likeness (QED) is 0.327. The maximum absolute atomic E-state index is 5.90. The maximum Gasteiger partial charge on any atom is 0.189 e. The van der Waals surface area contributed by atoms with Gasteiger partial charge in [-0.1, -0.05) is 36.5 Å². The van der Waals surface area contributed by atoms with Crippen LogP contribution in [0.25, 0.3) is 0 Å². The summed E-state index contributed by atoms with van der Waals surface area (Å²) in [6.45, 7) is 7.74. The number of rotatable bonds is 6. The summed E-state index contributed by atoms with van der Waals surface area (Å²) in [5, 5.41) is 3.18. The zero-order valence-corrected chi connectivity index (χ0v) is 12.4. The predicted octanol–water partition coefficient (Wildman–Crippen LogP) is 0.785. The fourth-order valence-corrected chi connectivity index (χ4v) is 2.23. The van der Waals surface area contributed by atoms with Crippen LogP contribution < -0.4 is 22.5 Å². The summed E-state index contributed by atoms with van der Waals surface area (Å²) in [5.41, 5.74) is 18.8. The van der Waals surface area contributed by atoms with E-state index in [1.165, 1.54) is 5.57 Å². The van der Waals surface area contributed by atoms with Gasteiger partial charge in [-0.2, -0.15) is 0 Å². The standard InChI is InChI=1S/C15H27N5/c1-4-6-7-11(5-2)8-10(3)19-15(18)20-14-12(16)9-13(14)17/h4-7,10,12-14H,1,8-9,16-17H2,2-3H3,(H3,18,19,20)/b7-6-,11-5+. The Kier molecular flexibility index (Phi) is 6.48. The van der Waals surface area contributed by atoms with E-state index in [1.807, 2.05) is 19.1 Å². The molecule has 0 saturated heterocycles. The van der Waals surface area contributed by atoms with Crippen LogP contribution in [0.4, 0.5) is 0 Å². The molecule has 0 aromatic rings. The number of allylic oxidation sites excluding steroid dienone is 4. The lowest BCUT2D eigenvalue weighted by Crippen LogP contribution is -2.60. The molecule has 5 nitrogen and oxygen atoms in total. The van der Waals surface area contributed by atoms with E-state index in [4.69, 9.17) is 17.2 Å². The summed E-state index contributed by atoms with van der Waals surface area (Å²) in [5.74, 6) is 0.413. The zero-order valence-electron chi connectivity index (χ0n) is 12.4. The first-order valence-electron chi connectivity index (χ1n) is 7.03. The molecule has 1 rings (SSSR count). The van der Waals surface area contributed by atoms with Gasteiger partial charge in [0.25, 0.3) is 0 Å². The van der Waals surface area contributed by atoms with Crippen molar-refractivity contribution in [2.24, 2.45) is 22.2 Å². The summed E-state index contributed by atoms with van der Waals surface area (Å²) >= 11 is 0. The Morgan fingerprint density at radius 1 is 1.45 bits per heavy atom. The van der Waals surface area contributed by atoms with Crippen LogP contribution in [0.1, 0.15) is 26.7 Å². The van der Waals surface area contributed by atoms with E-state index in [-0.39, 0.29) is 24.2 Å². The number of nitrogens with one attached hydrogen (secondary N) is 1. The van der Waals surface area contributed by atoms with Crippen LogP contribution >= 0.6 is 0 Å². The minimum atomic E-state index is -0.0588. The largest absolute Gasteiger partial charge is 0.370 e. The Morgan fingerprint density at radius 2 is 2.10 bits per heavy atom. The average Bonchev–Trinajstić information content (AvgIpc) is 2.41. The van der Waals surface area contributed by atoms with Crippen LogP contribution in [-0.2, 0) is 0 Å². The van der Waals surface area contributed by atoms with Crippen molar-refractivity contribution in [3.8, 4) is 0 Å². The second-order valence-corrected chi connectivity index (χ2v) is 5.28. The van der Waals surface area contributed by atoms with E-state index in [0.29, 0.717) is 5.96 Å². The number of nitrogens with two attached hydrogens (primary N) is 3. The fraction of sp³-hybridized carbons (Fsp3) is 0.533. The second-order valence-electron chi connectivity index (χ2n) is 5.28. The average molecular weight is 277 g/mol. The molecule has 20 heavy (non-hydrogen) atoms. The van der Waals surface area contributed by atoms with Crippen LogP contribution in [0.15, 0.2) is 41.4 Å². The molecule has 7 N–H and O–H groups in total. The van der Waals surface area contributed by atoms with E-state index >= 15 is 0 Å². The first-order chi connectivity index (χ1) is 9.47. The normalized spacial score (nSPS) is 29.1. The topological polar surface area (TPSA) is 102 Å². The molecule has 3 unspecified atom stereocenters. The molecule has 0 aromatic heterocycles. The van der Waals surface area contributed by atoms with E-state index in [1.54, 1.807) is 6.08 Å². The Morgan fingerprint density at radius 3 is 2.60 bits per heavy atom. The Balaban J connectivity index is 2.48. The number of guanidine groups is 1. The minimum Gasteiger partial charge on any atom is -0.370 e. The van der Waals surface area contributed by atoms with Crippen molar-refractivity contribution >= 4 is 5.96 Å². The van der Waals surface area contributed by atoms with Crippen molar-refractivity contribution < 1.29 is 0 Å². The van der Waals surface area contributed by atoms with Crippen LogP contribution in [0, 0.1) is 0 Å². The molecule has 0 amide bonds. The van der Waals surface area contributed by atoms with Crippen LogP contribution in [0.3, 0.4) is 0 Å². The van der Waals surface area contributed by atoms with Gasteiger partial charge < -0.3 is 22.5 Å². The highest BCUT2D eigenvalue weighted by Gasteiger charge is 2.36. The third-order valence-electron chi connectivity index (χ3n) is 3.46. The highest BCUT2D eigenvalue weighted by molar-refractivity contribution is 5.78. The molecule has 5 heteroatoms. The smallest absolute Gasteiger partial charge is 0.189 e. The molecule has 1 saturated carbocycles. The number of nitrogens with zero attached hydrogens (tertiary/aromatic N) is 1. The molecule has 0 aliphatic heterocycles. The van der Waals surface area contributed by atoms with Crippen LogP contribution in [0.2, 0.25) is 0 Å². The molecule has 1 aliphatic rings. The van der Waals surface area contributed by atoms with Gasteiger partial charge in [-0.3, -0.25) is 0 Å². The van der Waals surface area contributed by atoms with Gasteiger partial charge in [0, 0.05) is 18.1 Å². The first kappa shape index (κ1) is 16.5. The van der Waals surface area contributed by atoms with Crippen molar-refractivity contribution in [2.75, 3.05) is 0 Å².